The van der Waals surface area contributed by atoms with Gasteiger partial charge in [0, 0.05) is 33.4 Å². The number of halogens is 1. The van der Waals surface area contributed by atoms with Crippen molar-refractivity contribution in [2.24, 2.45) is 4.99 Å². The smallest absolute Gasteiger partial charge is 0.353 e. The van der Waals surface area contributed by atoms with E-state index in [9.17, 15) is 19.6 Å². The Bertz CT molecular complexity index is 1320. The van der Waals surface area contributed by atoms with Gasteiger partial charge in [0.1, 0.15) is 17.3 Å². The number of nitrogens with one attached hydrogen (secondary N) is 2. The van der Waals surface area contributed by atoms with Crippen molar-refractivity contribution in [3.05, 3.63) is 81.1 Å². The minimum absolute atomic E-state index is 0.00792. The lowest BCUT2D eigenvalue weighted by Gasteiger charge is -2.23. The van der Waals surface area contributed by atoms with E-state index in [1.807, 2.05) is 19.1 Å². The molecule has 0 aliphatic carbocycles. The zero-order valence-corrected chi connectivity index (χ0v) is 20.9. The molecule has 2 aromatic carbocycles. The van der Waals surface area contributed by atoms with E-state index in [0.29, 0.717) is 35.1 Å². The van der Waals surface area contributed by atoms with Crippen molar-refractivity contribution in [1.29, 1.82) is 10.7 Å². The van der Waals surface area contributed by atoms with Crippen molar-refractivity contribution >= 4 is 40.5 Å². The van der Waals surface area contributed by atoms with Crippen LogP contribution in [0.3, 0.4) is 0 Å². The van der Waals surface area contributed by atoms with Gasteiger partial charge in [-0.2, -0.15) is 5.26 Å². The maximum absolute atomic E-state index is 13.9. The molecule has 0 saturated carbocycles. The number of hydrogen-bond donors (Lipinski definition) is 3. The third-order valence-corrected chi connectivity index (χ3v) is 6.47. The zero-order chi connectivity index (χ0) is 25.7. The van der Waals surface area contributed by atoms with Crippen LogP contribution in [0.2, 0.25) is 0 Å². The largest absolute Gasteiger partial charge is 0.477 e. The minimum atomic E-state index is -1.26. The van der Waals surface area contributed by atoms with Gasteiger partial charge in [-0.15, -0.1) is 11.8 Å². The number of nitriles is 1. The Balaban J connectivity index is 2.12. The number of hydrogen-bond acceptors (Lipinski definition) is 6. The molecule has 1 aliphatic rings. The van der Waals surface area contributed by atoms with Crippen molar-refractivity contribution in [2.45, 2.75) is 45.8 Å². The first-order chi connectivity index (χ1) is 16.6. The summed E-state index contributed by atoms with van der Waals surface area (Å²) in [6.07, 6.45) is 1.15. The molecular formula is C27H27FN4O2S. The second-order valence-corrected chi connectivity index (χ2v) is 10.1. The molecule has 3 rings (SSSR count). The number of nitrogens with zero attached hydrogens (tertiary/aromatic N) is 2. The van der Waals surface area contributed by atoms with Gasteiger partial charge in [-0.05, 0) is 55.7 Å². The van der Waals surface area contributed by atoms with Gasteiger partial charge in [0.2, 0.25) is 0 Å². The first-order valence-corrected chi connectivity index (χ1v) is 12.0. The average molecular weight is 491 g/mol. The van der Waals surface area contributed by atoms with E-state index < -0.39 is 11.8 Å². The molecule has 0 aromatic heterocycles. The summed E-state index contributed by atoms with van der Waals surface area (Å²) < 4.78 is 13.9. The fourth-order valence-electron chi connectivity index (χ4n) is 3.81. The molecule has 3 N–H and O–H groups in total. The number of amidine groups is 1. The van der Waals surface area contributed by atoms with Crippen LogP contribution in [0.1, 0.15) is 55.9 Å². The first kappa shape index (κ1) is 25.9. The number of aliphatic carboxylic acids is 1. The molecule has 0 unspecified atom stereocenters. The fourth-order valence-corrected chi connectivity index (χ4v) is 4.88. The molecule has 8 heteroatoms. The highest BCUT2D eigenvalue weighted by Crippen LogP contribution is 2.37. The lowest BCUT2D eigenvalue weighted by Crippen LogP contribution is -2.31. The summed E-state index contributed by atoms with van der Waals surface area (Å²) in [4.78, 5) is 18.1. The van der Waals surface area contributed by atoms with Crippen molar-refractivity contribution in [3.8, 4) is 6.07 Å². The Labute approximate surface area is 208 Å². The number of carbonyl (C=O) groups is 1. The lowest BCUT2D eigenvalue weighted by molar-refractivity contribution is -0.132. The van der Waals surface area contributed by atoms with E-state index in [2.05, 4.69) is 25.2 Å². The Morgan fingerprint density at radius 2 is 2.00 bits per heavy atom. The van der Waals surface area contributed by atoms with Crippen LogP contribution in [0.4, 0.5) is 4.39 Å². The summed E-state index contributed by atoms with van der Waals surface area (Å²) in [6.45, 7) is 7.53. The maximum atomic E-state index is 13.9. The Morgan fingerprint density at radius 1 is 1.26 bits per heavy atom. The summed E-state index contributed by atoms with van der Waals surface area (Å²) in [5, 5.41) is 30.7. The molecule has 1 heterocycles. The summed E-state index contributed by atoms with van der Waals surface area (Å²) in [7, 11) is 0. The van der Waals surface area contributed by atoms with Gasteiger partial charge >= 0.3 is 5.97 Å². The molecule has 180 valence electrons. The van der Waals surface area contributed by atoms with Crippen LogP contribution >= 0.6 is 11.8 Å². The van der Waals surface area contributed by atoms with Crippen LogP contribution in [0.25, 0.3) is 11.3 Å². The summed E-state index contributed by atoms with van der Waals surface area (Å²) in [6, 6.07) is 13.2. The topological polar surface area (TPSA) is 109 Å². The number of carboxylic acids is 1. The zero-order valence-electron chi connectivity index (χ0n) is 20.1. The molecule has 2 aromatic rings. The molecule has 0 atom stereocenters. The molecule has 35 heavy (non-hydrogen) atoms. The second-order valence-electron chi connectivity index (χ2n) is 8.45. The third kappa shape index (κ3) is 6.25. The number of aliphatic imine (C=N–C) groups is 1. The van der Waals surface area contributed by atoms with Crippen LogP contribution in [0.15, 0.2) is 58.1 Å². The molecule has 0 radical (unpaired) electrons. The van der Waals surface area contributed by atoms with E-state index in [4.69, 9.17) is 10.4 Å². The fraction of sp³-hybridized carbons (Fsp3) is 0.259. The van der Waals surface area contributed by atoms with Crippen LogP contribution in [-0.2, 0) is 4.79 Å². The Morgan fingerprint density at radius 3 is 2.57 bits per heavy atom. The van der Waals surface area contributed by atoms with E-state index in [0.717, 1.165) is 21.7 Å². The Hall–Kier alpha value is -3.70. The van der Waals surface area contributed by atoms with Crippen molar-refractivity contribution in [1.82, 2.24) is 5.32 Å². The minimum Gasteiger partial charge on any atom is -0.477 e. The number of aryl methyl sites for hydroxylation is 1. The van der Waals surface area contributed by atoms with Gasteiger partial charge in [0.25, 0.3) is 0 Å². The van der Waals surface area contributed by atoms with Gasteiger partial charge in [-0.1, -0.05) is 32.0 Å². The molecule has 6 nitrogen and oxygen atoms in total. The lowest BCUT2D eigenvalue weighted by atomic mass is 9.98. The molecule has 0 amide bonds. The normalized spacial score (nSPS) is 14.3. The Kier molecular flexibility index (Phi) is 8.26. The molecule has 0 saturated heterocycles. The van der Waals surface area contributed by atoms with Gasteiger partial charge in [0.15, 0.2) is 0 Å². The van der Waals surface area contributed by atoms with E-state index in [1.54, 1.807) is 23.9 Å². The van der Waals surface area contributed by atoms with E-state index >= 15 is 0 Å². The number of allylic oxidation sites excluding steroid dienone is 2. The number of rotatable bonds is 7. The monoisotopic (exact) mass is 490 g/mol. The quantitative estimate of drug-likeness (QED) is 0.319. The van der Waals surface area contributed by atoms with Crippen LogP contribution in [-0.4, -0.2) is 27.9 Å². The SMILES string of the molecule is CC(=N)/C(=C(\NC1=NC(c2ccc(C#N)c(C)c2)=C(SC(C)C)CC1)C(=O)O)c1cccc(F)c1. The summed E-state index contributed by atoms with van der Waals surface area (Å²) in [5.74, 6) is -1.33. The second kappa shape index (κ2) is 11.2. The number of carboxylic acid groups (broad SMARTS) is 1. The summed E-state index contributed by atoms with van der Waals surface area (Å²) >= 11 is 1.71. The predicted octanol–water partition coefficient (Wildman–Crippen LogP) is 6.13. The maximum Gasteiger partial charge on any atom is 0.353 e. The van der Waals surface area contributed by atoms with Crippen molar-refractivity contribution in [2.75, 3.05) is 0 Å². The van der Waals surface area contributed by atoms with Gasteiger partial charge in [0.05, 0.1) is 17.3 Å². The molecule has 1 aliphatic heterocycles. The highest BCUT2D eigenvalue weighted by Gasteiger charge is 2.24. The molecule has 0 spiro atoms. The number of benzene rings is 2. The van der Waals surface area contributed by atoms with Crippen LogP contribution in [0.5, 0.6) is 0 Å². The molecule has 0 bridgehead atoms. The average Bonchev–Trinajstić information content (AvgIpc) is 2.79. The van der Waals surface area contributed by atoms with E-state index in [1.165, 1.54) is 25.1 Å². The molecular weight excluding hydrogens is 463 g/mol. The van der Waals surface area contributed by atoms with Crippen LogP contribution in [0, 0.1) is 29.5 Å². The van der Waals surface area contributed by atoms with Crippen LogP contribution < -0.4 is 5.32 Å². The van der Waals surface area contributed by atoms with Crippen molar-refractivity contribution in [3.63, 3.8) is 0 Å². The summed E-state index contributed by atoms with van der Waals surface area (Å²) in [5.41, 5.74) is 3.16. The highest BCUT2D eigenvalue weighted by molar-refractivity contribution is 8.03. The van der Waals surface area contributed by atoms with Gasteiger partial charge in [-0.25, -0.2) is 14.2 Å². The standard InChI is InChI=1S/C27H27FN4O2S/c1-15(2)35-22-10-11-23(31-25(22)19-8-9-20(14-29)16(3)12-19)32-26(27(33)34)24(17(4)30)18-6-5-7-21(28)13-18/h5-9,12-13,15,30H,10-11H2,1-4H3,(H,31,32)(H,33,34)/b26-24+,30-17?. The number of thioether (sulfide) groups is 1. The first-order valence-electron chi connectivity index (χ1n) is 11.1. The van der Waals surface area contributed by atoms with Gasteiger partial charge < -0.3 is 15.8 Å². The van der Waals surface area contributed by atoms with E-state index in [-0.39, 0.29) is 17.0 Å². The van der Waals surface area contributed by atoms with Crippen molar-refractivity contribution < 1.29 is 14.3 Å². The van der Waals surface area contributed by atoms with Gasteiger partial charge in [-0.3, -0.25) is 0 Å². The molecule has 0 fully saturated rings. The third-order valence-electron chi connectivity index (χ3n) is 5.32. The predicted molar refractivity (Wildman–Crippen MR) is 140 cm³/mol. The highest BCUT2D eigenvalue weighted by atomic mass is 32.2.